The van der Waals surface area contributed by atoms with Crippen LogP contribution in [0.25, 0.3) is 0 Å². The second-order valence-corrected chi connectivity index (χ2v) is 6.73. The lowest BCUT2D eigenvalue weighted by atomic mass is 9.96. The van der Waals surface area contributed by atoms with Crippen LogP contribution >= 0.6 is 27.5 Å². The molecular formula is C13H17BrClNO. The monoisotopic (exact) mass is 317 g/mol. The molecule has 0 bridgehead atoms. The Kier molecular flexibility index (Phi) is 4.62. The lowest BCUT2D eigenvalue weighted by Gasteiger charge is -2.26. The molecular weight excluding hydrogens is 302 g/mol. The molecule has 4 heteroatoms. The van der Waals surface area contributed by atoms with Gasteiger partial charge in [-0.2, -0.15) is 0 Å². The van der Waals surface area contributed by atoms with E-state index in [9.17, 15) is 4.79 Å². The zero-order valence-electron chi connectivity index (χ0n) is 10.6. The van der Waals surface area contributed by atoms with Gasteiger partial charge in [-0.25, -0.2) is 0 Å². The zero-order chi connectivity index (χ0) is 13.2. The van der Waals surface area contributed by atoms with Crippen LogP contribution in [0.3, 0.4) is 0 Å². The highest BCUT2D eigenvalue weighted by atomic mass is 79.9. The maximum absolute atomic E-state index is 12.2. The molecule has 0 fully saturated rings. The number of carbonyl (C=O) groups excluding carboxylic acids is 1. The Bertz CT molecular complexity index is 406. The number of carbonyl (C=O) groups is 1. The summed E-state index contributed by atoms with van der Waals surface area (Å²) in [6, 6.07) is 5.24. The molecule has 0 aromatic heterocycles. The van der Waals surface area contributed by atoms with E-state index in [-0.39, 0.29) is 11.3 Å². The number of nitrogens with zero attached hydrogens (tertiary/aromatic N) is 1. The summed E-state index contributed by atoms with van der Waals surface area (Å²) in [4.78, 5) is 13.9. The molecule has 0 heterocycles. The first-order chi connectivity index (χ1) is 7.69. The third-order valence-corrected chi connectivity index (χ3v) is 2.84. The van der Waals surface area contributed by atoms with E-state index in [1.165, 1.54) is 0 Å². The van der Waals surface area contributed by atoms with Crippen molar-refractivity contribution in [3.05, 3.63) is 33.3 Å². The fraction of sp³-hybridized carbons (Fsp3) is 0.462. The van der Waals surface area contributed by atoms with E-state index in [1.807, 2.05) is 7.05 Å². The summed E-state index contributed by atoms with van der Waals surface area (Å²) >= 11 is 9.27. The van der Waals surface area contributed by atoms with Crippen LogP contribution in [-0.2, 0) is 0 Å². The molecule has 0 aliphatic heterocycles. The van der Waals surface area contributed by atoms with Crippen molar-refractivity contribution in [1.82, 2.24) is 4.90 Å². The maximum atomic E-state index is 12.2. The lowest BCUT2D eigenvalue weighted by molar-refractivity contribution is 0.0745. The van der Waals surface area contributed by atoms with Crippen LogP contribution < -0.4 is 0 Å². The number of amides is 1. The minimum absolute atomic E-state index is 0.0110. The van der Waals surface area contributed by atoms with Gasteiger partial charge >= 0.3 is 0 Å². The van der Waals surface area contributed by atoms with Gasteiger partial charge in [0.25, 0.3) is 5.91 Å². The van der Waals surface area contributed by atoms with E-state index in [2.05, 4.69) is 36.7 Å². The smallest absolute Gasteiger partial charge is 0.253 e. The van der Waals surface area contributed by atoms with Crippen LogP contribution in [0.15, 0.2) is 22.7 Å². The summed E-state index contributed by atoms with van der Waals surface area (Å²) in [7, 11) is 1.81. The molecule has 0 saturated carbocycles. The largest absolute Gasteiger partial charge is 0.341 e. The number of benzene rings is 1. The highest BCUT2D eigenvalue weighted by molar-refractivity contribution is 9.10. The van der Waals surface area contributed by atoms with Gasteiger partial charge in [-0.15, -0.1) is 0 Å². The van der Waals surface area contributed by atoms with Crippen LogP contribution in [0.1, 0.15) is 31.1 Å². The van der Waals surface area contributed by atoms with Gasteiger partial charge in [0.05, 0.1) is 0 Å². The molecule has 1 amide bonds. The summed E-state index contributed by atoms with van der Waals surface area (Å²) in [6.45, 7) is 7.01. The maximum Gasteiger partial charge on any atom is 0.253 e. The highest BCUT2D eigenvalue weighted by Crippen LogP contribution is 2.22. The highest BCUT2D eigenvalue weighted by Gasteiger charge is 2.19. The molecule has 0 aliphatic carbocycles. The van der Waals surface area contributed by atoms with Crippen molar-refractivity contribution < 1.29 is 4.79 Å². The van der Waals surface area contributed by atoms with Crippen molar-refractivity contribution in [1.29, 1.82) is 0 Å². The molecule has 17 heavy (non-hydrogen) atoms. The fourth-order valence-corrected chi connectivity index (χ4v) is 2.54. The molecule has 0 saturated heterocycles. The summed E-state index contributed by atoms with van der Waals surface area (Å²) in [5.74, 6) is -0.0110. The molecule has 0 aliphatic rings. The Labute approximate surface area is 116 Å². The van der Waals surface area contributed by atoms with Crippen molar-refractivity contribution in [3.63, 3.8) is 0 Å². The number of rotatable bonds is 2. The van der Waals surface area contributed by atoms with Gasteiger partial charge < -0.3 is 4.90 Å². The fourth-order valence-electron chi connectivity index (χ4n) is 1.68. The third kappa shape index (κ3) is 4.68. The average Bonchev–Trinajstić information content (AvgIpc) is 2.12. The van der Waals surface area contributed by atoms with E-state index in [1.54, 1.807) is 23.1 Å². The first-order valence-electron chi connectivity index (χ1n) is 5.40. The molecule has 0 radical (unpaired) electrons. The van der Waals surface area contributed by atoms with Gasteiger partial charge in [-0.05, 0) is 23.6 Å². The molecule has 0 unspecified atom stereocenters. The summed E-state index contributed by atoms with van der Waals surface area (Å²) < 4.78 is 0.817. The average molecular weight is 319 g/mol. The minimum atomic E-state index is -0.0110. The van der Waals surface area contributed by atoms with Crippen molar-refractivity contribution in [2.75, 3.05) is 13.6 Å². The molecule has 1 aromatic carbocycles. The number of halogens is 2. The van der Waals surface area contributed by atoms with E-state index in [0.717, 1.165) is 4.47 Å². The number of hydrogen-bond donors (Lipinski definition) is 0. The Morgan fingerprint density at radius 2 is 1.94 bits per heavy atom. The van der Waals surface area contributed by atoms with Crippen LogP contribution in [0, 0.1) is 5.41 Å². The Balaban J connectivity index is 2.89. The first kappa shape index (κ1) is 14.5. The molecule has 2 nitrogen and oxygen atoms in total. The van der Waals surface area contributed by atoms with Crippen LogP contribution in [0.4, 0.5) is 0 Å². The molecule has 94 valence electrons. The molecule has 0 atom stereocenters. The normalized spacial score (nSPS) is 11.4. The second-order valence-electron chi connectivity index (χ2n) is 5.38. The SMILES string of the molecule is CN(CC(C)(C)C)C(=O)c1cc(Cl)cc(Br)c1. The second kappa shape index (κ2) is 5.40. The van der Waals surface area contributed by atoms with E-state index >= 15 is 0 Å². The van der Waals surface area contributed by atoms with Crippen LogP contribution in [0.5, 0.6) is 0 Å². The Morgan fingerprint density at radius 3 is 2.41 bits per heavy atom. The van der Waals surface area contributed by atoms with Gasteiger partial charge in [0.2, 0.25) is 0 Å². The Hall–Kier alpha value is -0.540. The predicted octanol–water partition coefficient (Wildman–Crippen LogP) is 4.22. The van der Waals surface area contributed by atoms with Gasteiger partial charge in [0, 0.05) is 28.7 Å². The van der Waals surface area contributed by atoms with Crippen molar-refractivity contribution in [2.45, 2.75) is 20.8 Å². The van der Waals surface area contributed by atoms with Crippen LogP contribution in [0.2, 0.25) is 5.02 Å². The molecule has 1 aromatic rings. The Morgan fingerprint density at radius 1 is 1.35 bits per heavy atom. The van der Waals surface area contributed by atoms with Gasteiger partial charge in [0.15, 0.2) is 0 Å². The topological polar surface area (TPSA) is 20.3 Å². The van der Waals surface area contributed by atoms with E-state index < -0.39 is 0 Å². The quantitative estimate of drug-likeness (QED) is 0.799. The molecule has 0 N–H and O–H groups in total. The van der Waals surface area contributed by atoms with Crippen molar-refractivity contribution in [2.24, 2.45) is 5.41 Å². The van der Waals surface area contributed by atoms with Gasteiger partial charge in [-0.3, -0.25) is 4.79 Å². The standard InChI is InChI=1S/C13H17BrClNO/c1-13(2,3)8-16(4)12(17)9-5-10(14)7-11(15)6-9/h5-7H,8H2,1-4H3. The summed E-state index contributed by atoms with van der Waals surface area (Å²) in [6.07, 6.45) is 0. The third-order valence-electron chi connectivity index (χ3n) is 2.17. The lowest BCUT2D eigenvalue weighted by Crippen LogP contribution is -2.34. The van der Waals surface area contributed by atoms with E-state index in [4.69, 9.17) is 11.6 Å². The minimum Gasteiger partial charge on any atom is -0.341 e. The van der Waals surface area contributed by atoms with E-state index in [0.29, 0.717) is 17.1 Å². The predicted molar refractivity (Wildman–Crippen MR) is 75.6 cm³/mol. The number of hydrogen-bond acceptors (Lipinski definition) is 1. The molecule has 1 rings (SSSR count). The summed E-state index contributed by atoms with van der Waals surface area (Å²) in [5.41, 5.74) is 0.691. The van der Waals surface area contributed by atoms with Crippen molar-refractivity contribution >= 4 is 33.4 Å². The van der Waals surface area contributed by atoms with Gasteiger partial charge in [0.1, 0.15) is 0 Å². The van der Waals surface area contributed by atoms with Crippen LogP contribution in [-0.4, -0.2) is 24.4 Å². The summed E-state index contributed by atoms with van der Waals surface area (Å²) in [5, 5.41) is 0.562. The zero-order valence-corrected chi connectivity index (χ0v) is 12.9. The molecule has 0 spiro atoms. The first-order valence-corrected chi connectivity index (χ1v) is 6.58. The van der Waals surface area contributed by atoms with Gasteiger partial charge in [-0.1, -0.05) is 48.3 Å². The van der Waals surface area contributed by atoms with Crippen molar-refractivity contribution in [3.8, 4) is 0 Å².